The first-order valence-corrected chi connectivity index (χ1v) is 5.91. The normalized spacial score (nSPS) is 20.9. The lowest BCUT2D eigenvalue weighted by Gasteiger charge is -2.24. The molecule has 4 heteroatoms. The van der Waals surface area contributed by atoms with Crippen molar-refractivity contribution in [1.82, 2.24) is 5.32 Å². The number of rotatable bonds is 2. The Hall–Kier alpha value is -1.03. The second kappa shape index (κ2) is 5.08. The molecule has 0 spiro atoms. The van der Waals surface area contributed by atoms with Gasteiger partial charge < -0.3 is 5.32 Å². The smallest absolute Gasteiger partial charge is 0.266 e. The molecular weight excluding hydrogens is 227 g/mol. The highest BCUT2D eigenvalue weighted by Crippen LogP contribution is 2.30. The van der Waals surface area contributed by atoms with Crippen molar-refractivity contribution in [3.8, 4) is 0 Å². The molecule has 1 saturated heterocycles. The third-order valence-corrected chi connectivity index (χ3v) is 3.29. The van der Waals surface area contributed by atoms with Crippen LogP contribution in [0.4, 0.5) is 13.2 Å². The molecule has 0 bridgehead atoms. The summed E-state index contributed by atoms with van der Waals surface area (Å²) in [6.07, 6.45) is 0.401. The van der Waals surface area contributed by atoms with Gasteiger partial charge in [0.1, 0.15) is 5.82 Å². The van der Waals surface area contributed by atoms with Gasteiger partial charge in [0.25, 0.3) is 6.43 Å². The van der Waals surface area contributed by atoms with Gasteiger partial charge in [-0.25, -0.2) is 13.2 Å². The van der Waals surface area contributed by atoms with Gasteiger partial charge >= 0.3 is 0 Å². The Labute approximate surface area is 99.0 Å². The van der Waals surface area contributed by atoms with Gasteiger partial charge in [-0.05, 0) is 43.5 Å². The summed E-state index contributed by atoms with van der Waals surface area (Å²) in [5.74, 6) is -0.789. The zero-order valence-electron chi connectivity index (χ0n) is 9.77. The molecular formula is C13H16F3N. The molecule has 1 fully saturated rings. The molecule has 1 aromatic carbocycles. The summed E-state index contributed by atoms with van der Waals surface area (Å²) in [6, 6.07) is 3.02. The number of hydrogen-bond donors (Lipinski definition) is 1. The van der Waals surface area contributed by atoms with Gasteiger partial charge in [-0.2, -0.15) is 0 Å². The second-order valence-electron chi connectivity index (χ2n) is 4.54. The van der Waals surface area contributed by atoms with Crippen molar-refractivity contribution in [2.75, 3.05) is 6.54 Å². The van der Waals surface area contributed by atoms with Crippen LogP contribution in [-0.4, -0.2) is 6.54 Å². The fourth-order valence-corrected chi connectivity index (χ4v) is 2.40. The van der Waals surface area contributed by atoms with Crippen LogP contribution in [-0.2, 0) is 0 Å². The third kappa shape index (κ3) is 2.63. The molecule has 2 rings (SSSR count). The van der Waals surface area contributed by atoms with Crippen molar-refractivity contribution >= 4 is 0 Å². The topological polar surface area (TPSA) is 12.0 Å². The maximum Gasteiger partial charge on any atom is 0.266 e. The number of aryl methyl sites for hydroxylation is 1. The first kappa shape index (κ1) is 12.4. The Morgan fingerprint density at radius 1 is 1.29 bits per heavy atom. The summed E-state index contributed by atoms with van der Waals surface area (Å²) >= 11 is 0. The predicted octanol–water partition coefficient (Wildman–Crippen LogP) is 3.89. The van der Waals surface area contributed by atoms with Crippen molar-refractivity contribution in [3.63, 3.8) is 0 Å². The number of benzene rings is 1. The number of alkyl halides is 2. The quantitative estimate of drug-likeness (QED) is 0.831. The van der Waals surface area contributed by atoms with Crippen LogP contribution in [0.25, 0.3) is 0 Å². The van der Waals surface area contributed by atoms with Crippen LogP contribution < -0.4 is 5.32 Å². The molecule has 1 atom stereocenters. The monoisotopic (exact) mass is 243 g/mol. The van der Waals surface area contributed by atoms with Gasteiger partial charge in [-0.15, -0.1) is 0 Å². The molecule has 1 aliphatic heterocycles. The maximum atomic E-state index is 13.6. The molecule has 0 radical (unpaired) electrons. The minimum absolute atomic E-state index is 0.101. The Morgan fingerprint density at radius 3 is 2.59 bits per heavy atom. The highest BCUT2D eigenvalue weighted by Gasteiger charge is 2.21. The lowest BCUT2D eigenvalue weighted by molar-refractivity contribution is 0.145. The van der Waals surface area contributed by atoms with E-state index in [0.717, 1.165) is 31.4 Å². The van der Waals surface area contributed by atoms with E-state index in [9.17, 15) is 13.2 Å². The number of halogens is 3. The molecule has 0 saturated carbocycles. The van der Waals surface area contributed by atoms with Crippen LogP contribution in [0.3, 0.4) is 0 Å². The number of piperidine rings is 1. The van der Waals surface area contributed by atoms with E-state index in [-0.39, 0.29) is 6.04 Å². The van der Waals surface area contributed by atoms with Gasteiger partial charge in [0.15, 0.2) is 0 Å². The summed E-state index contributed by atoms with van der Waals surface area (Å²) in [5, 5.41) is 3.28. The zero-order chi connectivity index (χ0) is 12.4. The highest BCUT2D eigenvalue weighted by molar-refractivity contribution is 5.35. The van der Waals surface area contributed by atoms with E-state index < -0.39 is 17.8 Å². The van der Waals surface area contributed by atoms with E-state index in [1.54, 1.807) is 6.07 Å². The SMILES string of the molecule is Cc1cc(C2CCCCN2)cc(F)c1C(F)F. The van der Waals surface area contributed by atoms with Crippen molar-refractivity contribution in [3.05, 3.63) is 34.6 Å². The summed E-state index contributed by atoms with van der Waals surface area (Å²) < 4.78 is 38.8. The lowest BCUT2D eigenvalue weighted by Crippen LogP contribution is -2.27. The van der Waals surface area contributed by atoms with Gasteiger partial charge in [0.2, 0.25) is 0 Å². The molecule has 1 aliphatic rings. The van der Waals surface area contributed by atoms with E-state index in [4.69, 9.17) is 0 Å². The Balaban J connectivity index is 2.31. The Bertz CT molecular complexity index is 375. The fraction of sp³-hybridized carbons (Fsp3) is 0.538. The standard InChI is InChI=1S/C13H16F3N/c1-8-6-9(11-4-2-3-5-17-11)7-10(14)12(8)13(15)16/h6-7,11,13,17H,2-5H2,1H3. The molecule has 0 aromatic heterocycles. The molecule has 1 N–H and O–H groups in total. The van der Waals surface area contributed by atoms with Gasteiger partial charge in [0.05, 0.1) is 5.56 Å². The molecule has 0 amide bonds. The van der Waals surface area contributed by atoms with Gasteiger partial charge in [-0.1, -0.05) is 12.5 Å². The largest absolute Gasteiger partial charge is 0.310 e. The average Bonchev–Trinajstić information content (AvgIpc) is 2.28. The fourth-order valence-electron chi connectivity index (χ4n) is 2.40. The molecule has 1 aromatic rings. The van der Waals surface area contributed by atoms with Crippen molar-refractivity contribution in [2.45, 2.75) is 38.7 Å². The van der Waals surface area contributed by atoms with Gasteiger partial charge in [0, 0.05) is 6.04 Å². The average molecular weight is 243 g/mol. The third-order valence-electron chi connectivity index (χ3n) is 3.29. The lowest BCUT2D eigenvalue weighted by atomic mass is 9.94. The summed E-state index contributed by atoms with van der Waals surface area (Å²) in [7, 11) is 0. The van der Waals surface area contributed by atoms with Crippen molar-refractivity contribution in [1.29, 1.82) is 0 Å². The first-order chi connectivity index (χ1) is 8.09. The van der Waals surface area contributed by atoms with Crippen LogP contribution in [0.1, 0.15) is 48.4 Å². The Morgan fingerprint density at radius 2 is 2.06 bits per heavy atom. The van der Waals surface area contributed by atoms with E-state index in [1.807, 2.05) is 0 Å². The van der Waals surface area contributed by atoms with E-state index in [1.165, 1.54) is 13.0 Å². The maximum absolute atomic E-state index is 13.6. The molecule has 17 heavy (non-hydrogen) atoms. The molecule has 1 unspecified atom stereocenters. The van der Waals surface area contributed by atoms with E-state index in [0.29, 0.717) is 5.56 Å². The van der Waals surface area contributed by atoms with E-state index in [2.05, 4.69) is 5.32 Å². The summed E-state index contributed by atoms with van der Waals surface area (Å²) in [5.41, 5.74) is 0.649. The Kier molecular flexibility index (Phi) is 3.72. The van der Waals surface area contributed by atoms with Crippen LogP contribution in [0.5, 0.6) is 0 Å². The van der Waals surface area contributed by atoms with Crippen molar-refractivity contribution in [2.24, 2.45) is 0 Å². The van der Waals surface area contributed by atoms with Crippen molar-refractivity contribution < 1.29 is 13.2 Å². The molecule has 0 aliphatic carbocycles. The van der Waals surface area contributed by atoms with Crippen LogP contribution in [0.2, 0.25) is 0 Å². The molecule has 1 nitrogen and oxygen atoms in total. The molecule has 1 heterocycles. The minimum atomic E-state index is -2.75. The van der Waals surface area contributed by atoms with Crippen LogP contribution in [0.15, 0.2) is 12.1 Å². The zero-order valence-corrected chi connectivity index (χ0v) is 9.77. The van der Waals surface area contributed by atoms with Gasteiger partial charge in [-0.3, -0.25) is 0 Å². The van der Waals surface area contributed by atoms with Crippen LogP contribution >= 0.6 is 0 Å². The summed E-state index contributed by atoms with van der Waals surface area (Å²) in [6.45, 7) is 2.44. The number of nitrogens with one attached hydrogen (secondary N) is 1. The van der Waals surface area contributed by atoms with Crippen LogP contribution in [0, 0.1) is 12.7 Å². The highest BCUT2D eigenvalue weighted by atomic mass is 19.3. The minimum Gasteiger partial charge on any atom is -0.310 e. The predicted molar refractivity (Wildman–Crippen MR) is 60.7 cm³/mol. The second-order valence-corrected chi connectivity index (χ2v) is 4.54. The summed E-state index contributed by atoms with van der Waals surface area (Å²) in [4.78, 5) is 0. The number of hydrogen-bond acceptors (Lipinski definition) is 1. The van der Waals surface area contributed by atoms with E-state index >= 15 is 0 Å². The first-order valence-electron chi connectivity index (χ1n) is 5.91. The molecule has 94 valence electrons.